The predicted molar refractivity (Wildman–Crippen MR) is 182 cm³/mol. The molecule has 1 spiro atoms. The topological polar surface area (TPSA) is 132 Å². The van der Waals surface area contributed by atoms with Gasteiger partial charge in [-0.2, -0.15) is 0 Å². The van der Waals surface area contributed by atoms with Gasteiger partial charge in [0.25, 0.3) is 5.91 Å². The Hall–Kier alpha value is -2.83. The molecular formula is C36H53N5O6S. The van der Waals surface area contributed by atoms with E-state index >= 15 is 0 Å². The summed E-state index contributed by atoms with van der Waals surface area (Å²) in [7, 11) is 0. The summed E-state index contributed by atoms with van der Waals surface area (Å²) in [6.07, 6.45) is 10.0. The van der Waals surface area contributed by atoms with Crippen LogP contribution in [-0.4, -0.2) is 113 Å². The van der Waals surface area contributed by atoms with E-state index < -0.39 is 28.9 Å². The average molecular weight is 684 g/mol. The van der Waals surface area contributed by atoms with Crippen molar-refractivity contribution < 1.29 is 29.0 Å². The van der Waals surface area contributed by atoms with Gasteiger partial charge in [-0.3, -0.25) is 24.2 Å². The van der Waals surface area contributed by atoms with Crippen molar-refractivity contribution in [1.29, 1.82) is 0 Å². The lowest BCUT2D eigenvalue weighted by molar-refractivity contribution is -0.153. The molecule has 6 rings (SSSR count). The SMILES string of the molecule is C[C@@H](OCC1(CO)CC=CCC1)[C@H](NC(=O)[C@@H]1CN(C(=O)c2cncs2)CC12CN(C(=O)[C@H]1CC1(C)C)C2)C(=O)N1CCC(C)(C)CC1. The standard InChI is InChI=1S/C36H53N5O6S/c1-24(47-22-35(21-42)9-7-6-8-10-35)28(32(46)39-13-11-33(2,3)12-14-39)38-29(43)26-17-40(31(45)27-16-37-23-48-27)18-36(26)19-41(20-36)30(44)25-15-34(25,4)5/h6-7,16,23-26,28,42H,8-15,17-22H2,1-5H3,(H,38,43)/t24-,25-,26+,28+,35?/m1/s1. The number of ether oxygens (including phenoxy) is 1. The number of piperidine rings is 1. The Morgan fingerprint density at radius 1 is 1.02 bits per heavy atom. The van der Waals surface area contributed by atoms with E-state index in [0.29, 0.717) is 44.0 Å². The van der Waals surface area contributed by atoms with Crippen LogP contribution in [0.5, 0.6) is 0 Å². The highest BCUT2D eigenvalue weighted by Gasteiger charge is 2.62. The second kappa shape index (κ2) is 13.1. The van der Waals surface area contributed by atoms with E-state index in [-0.39, 0.29) is 60.1 Å². The number of carbonyl (C=O) groups is 4. The van der Waals surface area contributed by atoms with Crippen molar-refractivity contribution in [3.8, 4) is 0 Å². The number of allylic oxidation sites excluding steroid dienone is 2. The monoisotopic (exact) mass is 683 g/mol. The van der Waals surface area contributed by atoms with Gasteiger partial charge in [-0.1, -0.05) is 39.8 Å². The van der Waals surface area contributed by atoms with Crippen molar-refractivity contribution in [2.45, 2.75) is 85.3 Å². The molecule has 1 aromatic rings. The average Bonchev–Trinajstić information content (AvgIpc) is 3.41. The summed E-state index contributed by atoms with van der Waals surface area (Å²) < 4.78 is 6.38. The van der Waals surface area contributed by atoms with Crippen molar-refractivity contribution in [2.75, 3.05) is 52.5 Å². The normalized spacial score (nSPS) is 29.7. The fraction of sp³-hybridized carbons (Fsp3) is 0.750. The van der Waals surface area contributed by atoms with Gasteiger partial charge < -0.3 is 29.9 Å². The number of thiazole rings is 1. The zero-order valence-corrected chi connectivity index (χ0v) is 30.0. The Labute approximate surface area is 288 Å². The Kier molecular flexibility index (Phi) is 9.58. The summed E-state index contributed by atoms with van der Waals surface area (Å²) in [5.74, 6) is -1.11. The summed E-state index contributed by atoms with van der Waals surface area (Å²) in [6.45, 7) is 13.3. The molecule has 1 saturated carbocycles. The Bertz CT molecular complexity index is 1410. The van der Waals surface area contributed by atoms with E-state index in [0.717, 1.165) is 32.1 Å². The summed E-state index contributed by atoms with van der Waals surface area (Å²) in [6, 6.07) is -0.929. The number of hydrogen-bond donors (Lipinski definition) is 2. The molecule has 4 amide bonds. The lowest BCUT2D eigenvalue weighted by Gasteiger charge is -2.50. The largest absolute Gasteiger partial charge is 0.396 e. The highest BCUT2D eigenvalue weighted by Crippen LogP contribution is 2.54. The number of carbonyl (C=O) groups excluding carboxylic acids is 4. The fourth-order valence-electron chi connectivity index (χ4n) is 8.09. The summed E-state index contributed by atoms with van der Waals surface area (Å²) in [5.41, 5.74) is 0.750. The van der Waals surface area contributed by atoms with E-state index in [9.17, 15) is 24.3 Å². The molecule has 0 radical (unpaired) electrons. The van der Waals surface area contributed by atoms with E-state index in [2.05, 4.69) is 50.1 Å². The molecule has 12 heteroatoms. The first-order valence-corrected chi connectivity index (χ1v) is 18.5. The molecule has 11 nitrogen and oxygen atoms in total. The first kappa shape index (κ1) is 35.0. The third kappa shape index (κ3) is 6.94. The van der Waals surface area contributed by atoms with Crippen molar-refractivity contribution in [2.24, 2.45) is 33.5 Å². The number of nitrogens with one attached hydrogen (secondary N) is 1. The zero-order chi connectivity index (χ0) is 34.5. The number of aliphatic hydroxyl groups is 1. The van der Waals surface area contributed by atoms with Gasteiger partial charge >= 0.3 is 0 Å². The molecule has 4 fully saturated rings. The molecule has 264 valence electrons. The van der Waals surface area contributed by atoms with Crippen LogP contribution in [-0.2, 0) is 19.1 Å². The van der Waals surface area contributed by atoms with Crippen LogP contribution in [0.3, 0.4) is 0 Å². The number of likely N-dealkylation sites (tertiary alicyclic amines) is 3. The minimum Gasteiger partial charge on any atom is -0.396 e. The van der Waals surface area contributed by atoms with Gasteiger partial charge in [0, 0.05) is 56.0 Å². The van der Waals surface area contributed by atoms with Crippen LogP contribution in [0.25, 0.3) is 0 Å². The predicted octanol–water partition coefficient (Wildman–Crippen LogP) is 3.35. The van der Waals surface area contributed by atoms with Gasteiger partial charge in [0.1, 0.15) is 10.9 Å². The van der Waals surface area contributed by atoms with Crippen molar-refractivity contribution >= 4 is 35.0 Å². The Morgan fingerprint density at radius 2 is 1.71 bits per heavy atom. The van der Waals surface area contributed by atoms with Crippen molar-refractivity contribution in [3.63, 3.8) is 0 Å². The van der Waals surface area contributed by atoms with E-state index in [1.807, 2.05) is 16.7 Å². The van der Waals surface area contributed by atoms with Crippen LogP contribution < -0.4 is 5.32 Å². The summed E-state index contributed by atoms with van der Waals surface area (Å²) in [5, 5.41) is 13.4. The number of amides is 4. The van der Waals surface area contributed by atoms with Gasteiger partial charge in [0.15, 0.2) is 0 Å². The number of hydrogen-bond acceptors (Lipinski definition) is 8. The molecule has 5 atom stereocenters. The quantitative estimate of drug-likeness (QED) is 0.362. The number of nitrogens with zero attached hydrogens (tertiary/aromatic N) is 4. The summed E-state index contributed by atoms with van der Waals surface area (Å²) in [4.78, 5) is 65.4. The minimum atomic E-state index is -0.929. The van der Waals surface area contributed by atoms with Crippen LogP contribution in [0.1, 0.15) is 82.8 Å². The molecule has 48 heavy (non-hydrogen) atoms. The zero-order valence-electron chi connectivity index (χ0n) is 29.2. The molecule has 0 bridgehead atoms. The van der Waals surface area contributed by atoms with Crippen molar-refractivity contribution in [3.05, 3.63) is 28.7 Å². The second-order valence-electron chi connectivity index (χ2n) is 16.8. The first-order valence-electron chi connectivity index (χ1n) is 17.6. The lowest BCUT2D eigenvalue weighted by atomic mass is 9.70. The molecule has 4 heterocycles. The first-order chi connectivity index (χ1) is 22.7. The van der Waals surface area contributed by atoms with Gasteiger partial charge in [0.2, 0.25) is 17.7 Å². The fourth-order valence-corrected chi connectivity index (χ4v) is 8.68. The molecule has 2 N–H and O–H groups in total. The maximum absolute atomic E-state index is 14.4. The second-order valence-corrected chi connectivity index (χ2v) is 17.7. The third-order valence-corrected chi connectivity index (χ3v) is 12.8. The van der Waals surface area contributed by atoms with Gasteiger partial charge in [-0.15, -0.1) is 11.3 Å². The lowest BCUT2D eigenvalue weighted by Crippen LogP contribution is -2.65. The molecular weight excluding hydrogens is 630 g/mol. The molecule has 3 aliphatic heterocycles. The minimum absolute atomic E-state index is 0.00360. The number of aromatic nitrogens is 1. The van der Waals surface area contributed by atoms with Crippen molar-refractivity contribution in [1.82, 2.24) is 25.0 Å². The molecule has 2 aliphatic carbocycles. The van der Waals surface area contributed by atoms with E-state index in [1.165, 1.54) is 11.3 Å². The van der Waals surface area contributed by atoms with E-state index in [4.69, 9.17) is 4.74 Å². The summed E-state index contributed by atoms with van der Waals surface area (Å²) >= 11 is 1.27. The Morgan fingerprint density at radius 3 is 2.29 bits per heavy atom. The smallest absolute Gasteiger partial charge is 0.265 e. The Balaban J connectivity index is 1.21. The van der Waals surface area contributed by atoms with Gasteiger partial charge in [-0.25, -0.2) is 0 Å². The van der Waals surface area contributed by atoms with Gasteiger partial charge in [0.05, 0.1) is 36.9 Å². The number of rotatable bonds is 10. The van der Waals surface area contributed by atoms with Gasteiger partial charge in [-0.05, 0) is 56.3 Å². The van der Waals surface area contributed by atoms with Crippen LogP contribution in [0.15, 0.2) is 23.9 Å². The van der Waals surface area contributed by atoms with Crippen LogP contribution in [0, 0.1) is 33.5 Å². The third-order valence-electron chi connectivity index (χ3n) is 12.0. The maximum atomic E-state index is 14.4. The molecule has 3 saturated heterocycles. The molecule has 1 aromatic heterocycles. The van der Waals surface area contributed by atoms with Crippen LogP contribution in [0.2, 0.25) is 0 Å². The van der Waals surface area contributed by atoms with Crippen LogP contribution >= 0.6 is 11.3 Å². The highest BCUT2D eigenvalue weighted by atomic mass is 32.1. The highest BCUT2D eigenvalue weighted by molar-refractivity contribution is 7.11. The maximum Gasteiger partial charge on any atom is 0.265 e. The van der Waals surface area contributed by atoms with Crippen LogP contribution in [0.4, 0.5) is 0 Å². The molecule has 0 aromatic carbocycles. The molecule has 5 aliphatic rings. The van der Waals surface area contributed by atoms with E-state index in [1.54, 1.807) is 16.6 Å². The molecule has 1 unspecified atom stereocenters. The number of aliphatic hydroxyl groups excluding tert-OH is 1.